The lowest BCUT2D eigenvalue weighted by atomic mass is 10.0. The number of hydrogen-bond acceptors (Lipinski definition) is 6. The summed E-state index contributed by atoms with van der Waals surface area (Å²) in [7, 11) is 1.66. The molecule has 1 aliphatic heterocycles. The van der Waals surface area contributed by atoms with Crippen LogP contribution in [0, 0.1) is 0 Å². The van der Waals surface area contributed by atoms with E-state index in [0.29, 0.717) is 6.54 Å². The van der Waals surface area contributed by atoms with E-state index in [1.165, 1.54) is 0 Å². The SMILES string of the molecule is C=CCN1CCc2c(c(CN(C(=O)NCC(=O)OCC)C3CC3)nn2-c2ccccc2OC)C1. The number of carbonyl (C=O) groups is 2. The second-order valence-corrected chi connectivity index (χ2v) is 8.55. The normalized spacial score (nSPS) is 15.4. The van der Waals surface area contributed by atoms with Crippen molar-refractivity contribution in [2.45, 2.75) is 45.3 Å². The number of nitrogens with zero attached hydrogens (tertiary/aromatic N) is 4. The zero-order valence-corrected chi connectivity index (χ0v) is 20.0. The molecule has 0 atom stereocenters. The molecule has 0 saturated heterocycles. The second kappa shape index (κ2) is 10.7. The molecule has 0 radical (unpaired) electrons. The van der Waals surface area contributed by atoms with Crippen LogP contribution in [-0.2, 0) is 29.0 Å². The molecular formula is C25H33N5O4. The van der Waals surface area contributed by atoms with Gasteiger partial charge in [-0.15, -0.1) is 6.58 Å². The number of hydrogen-bond donors (Lipinski definition) is 1. The lowest BCUT2D eigenvalue weighted by Crippen LogP contribution is -2.43. The molecule has 1 aromatic carbocycles. The van der Waals surface area contributed by atoms with Gasteiger partial charge in [0.1, 0.15) is 18.0 Å². The minimum atomic E-state index is -0.440. The van der Waals surface area contributed by atoms with Crippen LogP contribution in [0.4, 0.5) is 4.79 Å². The Balaban J connectivity index is 1.63. The fourth-order valence-corrected chi connectivity index (χ4v) is 4.39. The molecule has 9 nitrogen and oxygen atoms in total. The van der Waals surface area contributed by atoms with Crippen LogP contribution in [-0.4, -0.2) is 71.0 Å². The molecule has 1 saturated carbocycles. The summed E-state index contributed by atoms with van der Waals surface area (Å²) in [6.07, 6.45) is 4.65. The van der Waals surface area contributed by atoms with E-state index >= 15 is 0 Å². The maximum absolute atomic E-state index is 13.0. The van der Waals surface area contributed by atoms with Crippen molar-refractivity contribution in [3.05, 3.63) is 53.9 Å². The van der Waals surface area contributed by atoms with Crippen molar-refractivity contribution in [2.24, 2.45) is 0 Å². The number of rotatable bonds is 10. The van der Waals surface area contributed by atoms with Crippen molar-refractivity contribution in [1.82, 2.24) is 24.9 Å². The Hall–Kier alpha value is -3.33. The Morgan fingerprint density at radius 2 is 2.12 bits per heavy atom. The largest absolute Gasteiger partial charge is 0.494 e. The highest BCUT2D eigenvalue weighted by Gasteiger charge is 2.35. The Bertz CT molecular complexity index is 1050. The van der Waals surface area contributed by atoms with Crippen molar-refractivity contribution in [2.75, 3.05) is 33.4 Å². The topological polar surface area (TPSA) is 88.9 Å². The van der Waals surface area contributed by atoms with Crippen molar-refractivity contribution in [3.63, 3.8) is 0 Å². The molecule has 1 aromatic heterocycles. The highest BCUT2D eigenvalue weighted by atomic mass is 16.5. The Kier molecular flexibility index (Phi) is 7.52. The number of esters is 1. The number of methoxy groups -OCH3 is 1. The number of amides is 2. The summed E-state index contributed by atoms with van der Waals surface area (Å²) in [5.41, 5.74) is 4.03. The van der Waals surface area contributed by atoms with Gasteiger partial charge in [-0.2, -0.15) is 5.10 Å². The van der Waals surface area contributed by atoms with Crippen molar-refractivity contribution in [1.29, 1.82) is 0 Å². The quantitative estimate of drug-likeness (QED) is 0.427. The molecule has 4 rings (SSSR count). The summed E-state index contributed by atoms with van der Waals surface area (Å²) in [6, 6.07) is 7.72. The number of urea groups is 1. The van der Waals surface area contributed by atoms with E-state index in [-0.39, 0.29) is 25.2 Å². The summed E-state index contributed by atoms with van der Waals surface area (Å²) in [5.74, 6) is 0.309. The molecule has 2 amide bonds. The van der Waals surface area contributed by atoms with Gasteiger partial charge in [0.05, 0.1) is 31.6 Å². The van der Waals surface area contributed by atoms with Crippen LogP contribution in [0.25, 0.3) is 5.69 Å². The molecule has 2 aliphatic rings. The first kappa shape index (κ1) is 23.8. The van der Waals surface area contributed by atoms with E-state index in [4.69, 9.17) is 14.6 Å². The van der Waals surface area contributed by atoms with Gasteiger partial charge in [-0.05, 0) is 31.9 Å². The summed E-state index contributed by atoms with van der Waals surface area (Å²) in [4.78, 5) is 28.8. The molecule has 0 bridgehead atoms. The number of benzene rings is 1. The zero-order chi connectivity index (χ0) is 24.1. The first-order chi connectivity index (χ1) is 16.5. The predicted molar refractivity (Wildman–Crippen MR) is 128 cm³/mol. The van der Waals surface area contributed by atoms with Gasteiger partial charge in [0.2, 0.25) is 0 Å². The van der Waals surface area contributed by atoms with Crippen molar-refractivity contribution < 1.29 is 19.1 Å². The van der Waals surface area contributed by atoms with Gasteiger partial charge in [0.25, 0.3) is 0 Å². The third-order valence-electron chi connectivity index (χ3n) is 6.18. The van der Waals surface area contributed by atoms with Crippen LogP contribution in [0.3, 0.4) is 0 Å². The van der Waals surface area contributed by atoms with E-state index in [1.54, 1.807) is 18.9 Å². The first-order valence-corrected chi connectivity index (χ1v) is 11.8. The number of aromatic nitrogens is 2. The van der Waals surface area contributed by atoms with E-state index in [0.717, 1.165) is 67.3 Å². The molecule has 2 aromatic rings. The number of fused-ring (bicyclic) bond motifs is 1. The standard InChI is InChI=1S/C25H33N5O4/c1-4-13-28-14-12-21-19(16-28)20(27-30(21)22-8-6-7-9-23(22)33-3)17-29(18-10-11-18)25(32)26-15-24(31)34-5-2/h4,6-9,18H,1,5,10-17H2,2-3H3,(H,26,32). The van der Waals surface area contributed by atoms with E-state index in [9.17, 15) is 9.59 Å². The van der Waals surface area contributed by atoms with Gasteiger partial charge >= 0.3 is 12.0 Å². The number of carbonyl (C=O) groups excluding carboxylic acids is 2. The Morgan fingerprint density at radius 3 is 2.82 bits per heavy atom. The first-order valence-electron chi connectivity index (χ1n) is 11.8. The third kappa shape index (κ3) is 5.25. The van der Waals surface area contributed by atoms with Crippen LogP contribution in [0.1, 0.15) is 36.7 Å². The Morgan fingerprint density at radius 1 is 1.32 bits per heavy atom. The molecule has 1 fully saturated rings. The van der Waals surface area contributed by atoms with Crippen LogP contribution < -0.4 is 10.1 Å². The minimum absolute atomic E-state index is 0.142. The van der Waals surface area contributed by atoms with Crippen molar-refractivity contribution in [3.8, 4) is 11.4 Å². The fraction of sp³-hybridized carbons (Fsp3) is 0.480. The summed E-state index contributed by atoms with van der Waals surface area (Å²) < 4.78 is 12.5. The molecule has 182 valence electrons. The second-order valence-electron chi connectivity index (χ2n) is 8.55. The zero-order valence-electron chi connectivity index (χ0n) is 20.0. The predicted octanol–water partition coefficient (Wildman–Crippen LogP) is 2.66. The van der Waals surface area contributed by atoms with Gasteiger partial charge < -0.3 is 19.7 Å². The summed E-state index contributed by atoms with van der Waals surface area (Å²) in [5, 5.41) is 7.70. The van der Waals surface area contributed by atoms with E-state index < -0.39 is 5.97 Å². The highest BCUT2D eigenvalue weighted by molar-refractivity contribution is 5.81. The van der Waals surface area contributed by atoms with Gasteiger partial charge in [-0.1, -0.05) is 18.2 Å². The molecule has 1 N–H and O–H groups in total. The molecule has 0 unspecified atom stereocenters. The van der Waals surface area contributed by atoms with Crippen LogP contribution in [0.5, 0.6) is 5.75 Å². The lowest BCUT2D eigenvalue weighted by molar-refractivity contribution is -0.141. The average molecular weight is 468 g/mol. The minimum Gasteiger partial charge on any atom is -0.494 e. The Labute approximate surface area is 200 Å². The smallest absolute Gasteiger partial charge is 0.325 e. The molecule has 9 heteroatoms. The van der Waals surface area contributed by atoms with Gasteiger partial charge in [0, 0.05) is 37.7 Å². The highest BCUT2D eigenvalue weighted by Crippen LogP contribution is 2.33. The molecule has 1 aliphatic carbocycles. The summed E-state index contributed by atoms with van der Waals surface area (Å²) in [6.45, 7) is 8.60. The third-order valence-corrected chi connectivity index (χ3v) is 6.18. The average Bonchev–Trinajstić information content (AvgIpc) is 3.63. The number of nitrogens with one attached hydrogen (secondary N) is 1. The number of ether oxygens (including phenoxy) is 2. The molecular weight excluding hydrogens is 434 g/mol. The molecule has 0 spiro atoms. The van der Waals surface area contributed by atoms with E-state index in [1.807, 2.05) is 35.0 Å². The maximum atomic E-state index is 13.0. The number of para-hydroxylation sites is 2. The van der Waals surface area contributed by atoms with Crippen LogP contribution >= 0.6 is 0 Å². The van der Waals surface area contributed by atoms with Crippen LogP contribution in [0.15, 0.2) is 36.9 Å². The molecule has 2 heterocycles. The van der Waals surface area contributed by atoms with E-state index in [2.05, 4.69) is 16.8 Å². The molecule has 34 heavy (non-hydrogen) atoms. The van der Waals surface area contributed by atoms with Gasteiger partial charge in [-0.3, -0.25) is 9.69 Å². The van der Waals surface area contributed by atoms with Gasteiger partial charge in [0.15, 0.2) is 0 Å². The lowest BCUT2D eigenvalue weighted by Gasteiger charge is -2.27. The maximum Gasteiger partial charge on any atom is 0.325 e. The fourth-order valence-electron chi connectivity index (χ4n) is 4.39. The van der Waals surface area contributed by atoms with Gasteiger partial charge in [-0.25, -0.2) is 9.48 Å². The van der Waals surface area contributed by atoms with Crippen molar-refractivity contribution >= 4 is 12.0 Å². The monoisotopic (exact) mass is 467 g/mol. The summed E-state index contributed by atoms with van der Waals surface area (Å²) >= 11 is 0. The van der Waals surface area contributed by atoms with Crippen LogP contribution in [0.2, 0.25) is 0 Å².